The highest BCUT2D eigenvalue weighted by Gasteiger charge is 2.20. The largest absolute Gasteiger partial charge is 0.497 e. The number of methoxy groups -OCH3 is 1. The average Bonchev–Trinajstić information content (AvgIpc) is 3.22. The third kappa shape index (κ3) is 4.00. The van der Waals surface area contributed by atoms with Crippen molar-refractivity contribution < 1.29 is 18.3 Å². The van der Waals surface area contributed by atoms with Crippen LogP contribution in [0, 0.1) is 0 Å². The van der Waals surface area contributed by atoms with E-state index in [0.717, 1.165) is 5.56 Å². The molecule has 30 heavy (non-hydrogen) atoms. The van der Waals surface area contributed by atoms with Gasteiger partial charge in [-0.3, -0.25) is 4.79 Å². The van der Waals surface area contributed by atoms with Gasteiger partial charge in [0.1, 0.15) is 5.75 Å². The van der Waals surface area contributed by atoms with Crippen molar-refractivity contribution in [2.24, 2.45) is 0 Å². The van der Waals surface area contributed by atoms with Crippen molar-refractivity contribution >= 4 is 22.6 Å². The molecule has 0 aliphatic carbocycles. The fraction of sp³-hybridized carbons (Fsp3) is 0.130. The number of fused-ring (bicyclic) bond motifs is 1. The number of hydrogen-bond acceptors (Lipinski definition) is 3. The molecule has 1 aromatic heterocycles. The molecule has 7 heteroatoms. The summed E-state index contributed by atoms with van der Waals surface area (Å²) in [6, 6.07) is 21.5. The quantitative estimate of drug-likeness (QED) is 0.468. The number of ether oxygens (including phenoxy) is 1. The number of halogens is 2. The number of H-pyrrole nitrogens is 1. The van der Waals surface area contributed by atoms with Crippen molar-refractivity contribution in [3.05, 3.63) is 89.7 Å². The molecule has 0 fully saturated rings. The van der Waals surface area contributed by atoms with Crippen molar-refractivity contribution in [1.82, 2.24) is 9.97 Å². The molecule has 5 nitrogen and oxygen atoms in total. The number of imidazole rings is 1. The minimum absolute atomic E-state index is 0.251. The summed E-state index contributed by atoms with van der Waals surface area (Å²) in [6.45, 7) is 0.356. The first-order valence-corrected chi connectivity index (χ1v) is 9.33. The summed E-state index contributed by atoms with van der Waals surface area (Å²) in [6.07, 6.45) is -2.70. The van der Waals surface area contributed by atoms with E-state index in [1.165, 1.54) is 0 Å². The Hall–Kier alpha value is -3.74. The summed E-state index contributed by atoms with van der Waals surface area (Å²) in [4.78, 5) is 21.5. The zero-order valence-corrected chi connectivity index (χ0v) is 16.2. The molecule has 3 aromatic carbocycles. The van der Waals surface area contributed by atoms with E-state index in [4.69, 9.17) is 4.74 Å². The minimum Gasteiger partial charge on any atom is -0.497 e. The molecule has 0 aliphatic heterocycles. The molecule has 0 radical (unpaired) electrons. The highest BCUT2D eigenvalue weighted by molar-refractivity contribution is 6.07. The highest BCUT2D eigenvalue weighted by Crippen LogP contribution is 2.25. The number of hydrogen-bond donors (Lipinski definition) is 1. The number of nitrogens with zero attached hydrogens (tertiary/aromatic N) is 2. The second-order valence-corrected chi connectivity index (χ2v) is 6.73. The SMILES string of the molecule is COc1ccc(N(Cc2ccccc2)C(=O)c2ccc3nc(C(F)F)[nH]c3c2)cc1. The number of nitrogens with one attached hydrogen (secondary N) is 1. The number of benzene rings is 3. The number of amides is 1. The van der Waals surface area contributed by atoms with Crippen LogP contribution in [-0.2, 0) is 6.54 Å². The zero-order valence-electron chi connectivity index (χ0n) is 16.2. The maximum absolute atomic E-state index is 13.4. The van der Waals surface area contributed by atoms with Gasteiger partial charge in [0.15, 0.2) is 5.82 Å². The summed E-state index contributed by atoms with van der Waals surface area (Å²) in [5, 5.41) is 0. The van der Waals surface area contributed by atoms with Gasteiger partial charge in [-0.2, -0.15) is 0 Å². The monoisotopic (exact) mass is 407 g/mol. The first-order valence-electron chi connectivity index (χ1n) is 9.33. The second kappa shape index (κ2) is 8.32. The van der Waals surface area contributed by atoms with Crippen LogP contribution in [0.5, 0.6) is 5.75 Å². The molecule has 0 saturated heterocycles. The molecular weight excluding hydrogens is 388 g/mol. The molecule has 0 saturated carbocycles. The molecule has 0 atom stereocenters. The van der Waals surface area contributed by atoms with E-state index in [0.29, 0.717) is 34.6 Å². The molecule has 0 bridgehead atoms. The van der Waals surface area contributed by atoms with Gasteiger partial charge in [0, 0.05) is 11.3 Å². The topological polar surface area (TPSA) is 58.2 Å². The van der Waals surface area contributed by atoms with E-state index in [1.54, 1.807) is 42.3 Å². The van der Waals surface area contributed by atoms with Crippen molar-refractivity contribution in [2.75, 3.05) is 12.0 Å². The zero-order chi connectivity index (χ0) is 21.1. The van der Waals surface area contributed by atoms with Crippen LogP contribution in [0.15, 0.2) is 72.8 Å². The summed E-state index contributed by atoms with van der Waals surface area (Å²) in [7, 11) is 1.58. The lowest BCUT2D eigenvalue weighted by molar-refractivity contribution is 0.0985. The molecule has 0 spiro atoms. The summed E-state index contributed by atoms with van der Waals surface area (Å²) in [5.41, 5.74) is 2.82. The fourth-order valence-corrected chi connectivity index (χ4v) is 3.23. The van der Waals surface area contributed by atoms with Crippen molar-refractivity contribution in [3.63, 3.8) is 0 Å². The van der Waals surface area contributed by atoms with Gasteiger partial charge in [0.25, 0.3) is 12.3 Å². The standard InChI is InChI=1S/C23H19F2N3O2/c1-30-18-10-8-17(9-11-18)28(14-15-5-3-2-4-6-15)23(29)16-7-12-19-20(13-16)27-22(26-19)21(24)25/h2-13,21H,14H2,1H3,(H,26,27). The van der Waals surface area contributed by atoms with E-state index < -0.39 is 12.2 Å². The van der Waals surface area contributed by atoms with Crippen LogP contribution in [0.25, 0.3) is 11.0 Å². The molecule has 4 rings (SSSR count). The Morgan fingerprint density at radius 3 is 2.47 bits per heavy atom. The van der Waals surface area contributed by atoms with Gasteiger partial charge in [0.2, 0.25) is 0 Å². The number of aromatic amines is 1. The van der Waals surface area contributed by atoms with E-state index in [9.17, 15) is 13.6 Å². The Morgan fingerprint density at radius 1 is 1.07 bits per heavy atom. The van der Waals surface area contributed by atoms with Gasteiger partial charge < -0.3 is 14.6 Å². The Labute approximate surface area is 171 Å². The van der Waals surface area contributed by atoms with Crippen LogP contribution in [0.3, 0.4) is 0 Å². The normalized spacial score (nSPS) is 11.1. The Balaban J connectivity index is 1.71. The first kappa shape index (κ1) is 19.6. The lowest BCUT2D eigenvalue weighted by Gasteiger charge is -2.23. The van der Waals surface area contributed by atoms with Crippen LogP contribution in [0.4, 0.5) is 14.5 Å². The number of carbonyl (C=O) groups is 1. The molecule has 1 N–H and O–H groups in total. The van der Waals surface area contributed by atoms with Crippen molar-refractivity contribution in [3.8, 4) is 5.75 Å². The Bertz CT molecular complexity index is 1160. The lowest BCUT2D eigenvalue weighted by atomic mass is 10.1. The molecule has 0 unspecified atom stereocenters. The summed E-state index contributed by atoms with van der Waals surface area (Å²) < 4.78 is 31.1. The summed E-state index contributed by atoms with van der Waals surface area (Å²) >= 11 is 0. The van der Waals surface area contributed by atoms with Gasteiger partial charge in [-0.05, 0) is 48.0 Å². The third-order valence-electron chi connectivity index (χ3n) is 4.77. The number of aromatic nitrogens is 2. The predicted molar refractivity (Wildman–Crippen MR) is 111 cm³/mol. The van der Waals surface area contributed by atoms with Crippen LogP contribution >= 0.6 is 0 Å². The molecule has 1 amide bonds. The van der Waals surface area contributed by atoms with Crippen LogP contribution in [0.2, 0.25) is 0 Å². The average molecular weight is 407 g/mol. The number of alkyl halides is 2. The van der Waals surface area contributed by atoms with Crippen LogP contribution in [0.1, 0.15) is 28.2 Å². The molecule has 1 heterocycles. The smallest absolute Gasteiger partial charge is 0.295 e. The van der Waals surface area contributed by atoms with E-state index >= 15 is 0 Å². The van der Waals surface area contributed by atoms with Crippen LogP contribution in [-0.4, -0.2) is 23.0 Å². The van der Waals surface area contributed by atoms with Gasteiger partial charge in [0.05, 0.1) is 24.7 Å². The van der Waals surface area contributed by atoms with Crippen LogP contribution < -0.4 is 9.64 Å². The third-order valence-corrected chi connectivity index (χ3v) is 4.77. The predicted octanol–water partition coefficient (Wildman–Crippen LogP) is 5.36. The summed E-state index contributed by atoms with van der Waals surface area (Å²) in [5.74, 6) is 0.0225. The lowest BCUT2D eigenvalue weighted by Crippen LogP contribution is -2.30. The number of anilines is 1. The first-order chi connectivity index (χ1) is 14.5. The minimum atomic E-state index is -2.70. The van der Waals surface area contributed by atoms with E-state index in [2.05, 4.69) is 9.97 Å². The second-order valence-electron chi connectivity index (χ2n) is 6.73. The van der Waals surface area contributed by atoms with Gasteiger partial charge in [-0.25, -0.2) is 13.8 Å². The fourth-order valence-electron chi connectivity index (χ4n) is 3.23. The van der Waals surface area contributed by atoms with E-state index in [1.807, 2.05) is 42.5 Å². The van der Waals surface area contributed by atoms with Gasteiger partial charge >= 0.3 is 0 Å². The molecular formula is C23H19F2N3O2. The Morgan fingerprint density at radius 2 is 1.80 bits per heavy atom. The van der Waals surface area contributed by atoms with E-state index in [-0.39, 0.29) is 5.91 Å². The molecule has 152 valence electrons. The number of carbonyl (C=O) groups excluding carboxylic acids is 1. The highest BCUT2D eigenvalue weighted by atomic mass is 19.3. The molecule has 4 aromatic rings. The Kier molecular flexibility index (Phi) is 5.43. The van der Waals surface area contributed by atoms with Gasteiger partial charge in [-0.15, -0.1) is 0 Å². The van der Waals surface area contributed by atoms with Crippen molar-refractivity contribution in [2.45, 2.75) is 13.0 Å². The maximum Gasteiger partial charge on any atom is 0.295 e. The van der Waals surface area contributed by atoms with Gasteiger partial charge in [-0.1, -0.05) is 30.3 Å². The number of rotatable bonds is 6. The maximum atomic E-state index is 13.4. The molecule has 0 aliphatic rings. The van der Waals surface area contributed by atoms with Crippen molar-refractivity contribution in [1.29, 1.82) is 0 Å².